The predicted molar refractivity (Wildman–Crippen MR) is 71.9 cm³/mol. The highest BCUT2D eigenvalue weighted by molar-refractivity contribution is 7.89. The topological polar surface area (TPSA) is 58.2 Å². The molecule has 0 bridgehead atoms. The van der Waals surface area contributed by atoms with Gasteiger partial charge in [-0.3, -0.25) is 0 Å². The maximum Gasteiger partial charge on any atom is 0.241 e. The number of benzene rings is 1. The molecule has 0 spiro atoms. The summed E-state index contributed by atoms with van der Waals surface area (Å²) < 4.78 is 40.3. The van der Waals surface area contributed by atoms with Crippen LogP contribution in [0.1, 0.15) is 18.9 Å². The van der Waals surface area contributed by atoms with Crippen LogP contribution >= 0.6 is 0 Å². The first-order valence-corrected chi connectivity index (χ1v) is 7.87. The van der Waals surface area contributed by atoms with Gasteiger partial charge in [-0.1, -0.05) is 0 Å². The molecule has 1 aliphatic heterocycles. The van der Waals surface area contributed by atoms with E-state index in [9.17, 15) is 12.8 Å². The average molecular weight is 286 g/mol. The highest BCUT2D eigenvalue weighted by Crippen LogP contribution is 2.19. The van der Waals surface area contributed by atoms with Crippen LogP contribution in [0.3, 0.4) is 0 Å². The summed E-state index contributed by atoms with van der Waals surface area (Å²) in [5.74, 6) is -0.125. The second-order valence-corrected chi connectivity index (χ2v) is 6.76. The van der Waals surface area contributed by atoms with Gasteiger partial charge in [0.2, 0.25) is 10.0 Å². The monoisotopic (exact) mass is 286 g/mol. The molecule has 106 valence electrons. The van der Waals surface area contributed by atoms with E-state index in [4.69, 9.17) is 0 Å². The second kappa shape index (κ2) is 5.56. The van der Waals surface area contributed by atoms with Crippen LogP contribution in [0.5, 0.6) is 0 Å². The standard InChI is InChI=1S/C13H19FN2O2S/c1-9-7-12(14)3-4-13(9)19(17,18)16-10(2)11-5-6-15-8-11/h3-4,7,10-11,15-16H,5-6,8H2,1-2H3. The SMILES string of the molecule is Cc1cc(F)ccc1S(=O)(=O)NC(C)C1CCNC1. The van der Waals surface area contributed by atoms with Gasteiger partial charge in [0.25, 0.3) is 0 Å². The third-order valence-electron chi connectivity index (χ3n) is 3.57. The van der Waals surface area contributed by atoms with Gasteiger partial charge in [0.15, 0.2) is 0 Å². The van der Waals surface area contributed by atoms with Crippen LogP contribution < -0.4 is 10.0 Å². The van der Waals surface area contributed by atoms with Crippen LogP contribution in [0.15, 0.2) is 23.1 Å². The molecule has 0 saturated carbocycles. The molecule has 2 N–H and O–H groups in total. The van der Waals surface area contributed by atoms with Gasteiger partial charge in [0.1, 0.15) is 5.82 Å². The van der Waals surface area contributed by atoms with Crippen LogP contribution in [0.4, 0.5) is 4.39 Å². The zero-order valence-electron chi connectivity index (χ0n) is 11.1. The molecule has 1 fully saturated rings. The number of hydrogen-bond donors (Lipinski definition) is 2. The smallest absolute Gasteiger partial charge is 0.241 e. The van der Waals surface area contributed by atoms with Crippen LogP contribution in [0, 0.1) is 18.7 Å². The first-order chi connectivity index (χ1) is 8.90. The van der Waals surface area contributed by atoms with Crippen molar-refractivity contribution in [3.63, 3.8) is 0 Å². The molecule has 19 heavy (non-hydrogen) atoms. The predicted octanol–water partition coefficient (Wildman–Crippen LogP) is 1.41. The van der Waals surface area contributed by atoms with Gasteiger partial charge < -0.3 is 5.32 Å². The van der Waals surface area contributed by atoms with Crippen LogP contribution in [-0.4, -0.2) is 27.5 Å². The van der Waals surface area contributed by atoms with Crippen molar-refractivity contribution in [2.75, 3.05) is 13.1 Å². The lowest BCUT2D eigenvalue weighted by atomic mass is 10.0. The summed E-state index contributed by atoms with van der Waals surface area (Å²) in [5, 5.41) is 3.21. The van der Waals surface area contributed by atoms with E-state index in [2.05, 4.69) is 10.0 Å². The average Bonchev–Trinajstić information content (AvgIpc) is 2.80. The molecule has 0 aliphatic carbocycles. The Kier molecular flexibility index (Phi) is 4.23. The Bertz CT molecular complexity index is 554. The van der Waals surface area contributed by atoms with Crippen LogP contribution in [0.25, 0.3) is 0 Å². The normalized spacial score (nSPS) is 21.5. The lowest BCUT2D eigenvalue weighted by molar-refractivity contribution is 0.444. The lowest BCUT2D eigenvalue weighted by Crippen LogP contribution is -2.39. The quantitative estimate of drug-likeness (QED) is 0.880. The molecule has 6 heteroatoms. The third kappa shape index (κ3) is 3.32. The maximum atomic E-state index is 13.0. The minimum absolute atomic E-state index is 0.135. The Labute approximate surface area is 113 Å². The number of sulfonamides is 1. The fourth-order valence-corrected chi connectivity index (χ4v) is 3.96. The van der Waals surface area contributed by atoms with Crippen molar-refractivity contribution in [2.24, 2.45) is 5.92 Å². The van der Waals surface area contributed by atoms with E-state index in [1.165, 1.54) is 18.2 Å². The summed E-state index contributed by atoms with van der Waals surface area (Å²) in [6.45, 7) is 5.21. The summed E-state index contributed by atoms with van der Waals surface area (Å²) in [6, 6.07) is 3.58. The van der Waals surface area contributed by atoms with Gasteiger partial charge in [0.05, 0.1) is 4.90 Å². The number of hydrogen-bond acceptors (Lipinski definition) is 3. The van der Waals surface area contributed by atoms with Crippen molar-refractivity contribution in [3.8, 4) is 0 Å². The molecule has 2 atom stereocenters. The summed E-state index contributed by atoms with van der Waals surface area (Å²) in [5.41, 5.74) is 0.421. The van der Waals surface area contributed by atoms with Crippen LogP contribution in [0.2, 0.25) is 0 Å². The molecule has 1 heterocycles. The van der Waals surface area contributed by atoms with Gasteiger partial charge in [-0.15, -0.1) is 0 Å². The first-order valence-electron chi connectivity index (χ1n) is 6.39. The van der Waals surface area contributed by atoms with E-state index in [0.717, 1.165) is 19.5 Å². The molecule has 0 aromatic heterocycles. The van der Waals surface area contributed by atoms with Gasteiger partial charge in [-0.25, -0.2) is 17.5 Å². The van der Waals surface area contributed by atoms with Crippen molar-refractivity contribution in [3.05, 3.63) is 29.6 Å². The molecule has 1 aromatic rings. The lowest BCUT2D eigenvalue weighted by Gasteiger charge is -2.20. The van der Waals surface area contributed by atoms with Crippen molar-refractivity contribution < 1.29 is 12.8 Å². The zero-order valence-corrected chi connectivity index (χ0v) is 11.9. The van der Waals surface area contributed by atoms with E-state index < -0.39 is 15.8 Å². The summed E-state index contributed by atoms with van der Waals surface area (Å²) in [7, 11) is -3.59. The van der Waals surface area contributed by atoms with E-state index >= 15 is 0 Å². The molecule has 0 radical (unpaired) electrons. The molecule has 0 amide bonds. The molecule has 1 aromatic carbocycles. The number of nitrogens with one attached hydrogen (secondary N) is 2. The summed E-state index contributed by atoms with van der Waals surface area (Å²) >= 11 is 0. The van der Waals surface area contributed by atoms with E-state index in [-0.39, 0.29) is 10.9 Å². The molecular formula is C13H19FN2O2S. The Morgan fingerprint density at radius 2 is 2.21 bits per heavy atom. The highest BCUT2D eigenvalue weighted by Gasteiger charge is 2.26. The van der Waals surface area contributed by atoms with E-state index in [1.807, 2.05) is 6.92 Å². The fourth-order valence-electron chi connectivity index (χ4n) is 2.42. The molecule has 2 unspecified atom stereocenters. The molecule has 1 aliphatic rings. The van der Waals surface area contributed by atoms with Crippen molar-refractivity contribution in [1.82, 2.24) is 10.0 Å². The van der Waals surface area contributed by atoms with E-state index in [1.54, 1.807) is 6.92 Å². The second-order valence-electron chi connectivity index (χ2n) is 5.07. The minimum Gasteiger partial charge on any atom is -0.316 e. The maximum absolute atomic E-state index is 13.0. The molecule has 2 rings (SSSR count). The Balaban J connectivity index is 2.17. The molecule has 4 nitrogen and oxygen atoms in total. The van der Waals surface area contributed by atoms with E-state index in [0.29, 0.717) is 11.5 Å². The van der Waals surface area contributed by atoms with Gasteiger partial charge in [0, 0.05) is 6.04 Å². The van der Waals surface area contributed by atoms with Crippen LogP contribution in [-0.2, 0) is 10.0 Å². The number of rotatable bonds is 4. The molecule has 1 saturated heterocycles. The summed E-state index contributed by atoms with van der Waals surface area (Å²) in [4.78, 5) is 0.145. The van der Waals surface area contributed by atoms with Gasteiger partial charge in [-0.2, -0.15) is 0 Å². The highest BCUT2D eigenvalue weighted by atomic mass is 32.2. The van der Waals surface area contributed by atoms with Crippen molar-refractivity contribution in [1.29, 1.82) is 0 Å². The number of halogens is 1. The van der Waals surface area contributed by atoms with Gasteiger partial charge >= 0.3 is 0 Å². The Morgan fingerprint density at radius 1 is 1.47 bits per heavy atom. The Hall–Kier alpha value is -0.980. The minimum atomic E-state index is -3.59. The van der Waals surface area contributed by atoms with Crippen molar-refractivity contribution >= 4 is 10.0 Å². The molecular weight excluding hydrogens is 267 g/mol. The zero-order chi connectivity index (χ0) is 14.0. The third-order valence-corrected chi connectivity index (χ3v) is 5.29. The largest absolute Gasteiger partial charge is 0.316 e. The summed E-state index contributed by atoms with van der Waals surface area (Å²) in [6.07, 6.45) is 0.964. The fraction of sp³-hybridized carbons (Fsp3) is 0.538. The van der Waals surface area contributed by atoms with Gasteiger partial charge in [-0.05, 0) is 63.0 Å². The Morgan fingerprint density at radius 3 is 2.79 bits per heavy atom. The first kappa shape index (κ1) is 14.4. The van der Waals surface area contributed by atoms with Crippen molar-refractivity contribution in [2.45, 2.75) is 31.2 Å². The number of aryl methyl sites for hydroxylation is 1.